The highest BCUT2D eigenvalue weighted by molar-refractivity contribution is 9.10. The van der Waals surface area contributed by atoms with Gasteiger partial charge in [0.25, 0.3) is 0 Å². The second-order valence-electron chi connectivity index (χ2n) is 3.43. The third-order valence-corrected chi connectivity index (χ3v) is 2.89. The SMILES string of the molecule is CC[C@H](C(=O)OC)[C@@H](Br)C(=O)OC(C)C. The number of carbonyl (C=O) groups is 2. The van der Waals surface area contributed by atoms with Gasteiger partial charge in [0.05, 0.1) is 19.1 Å². The molecule has 0 aromatic rings. The highest BCUT2D eigenvalue weighted by Crippen LogP contribution is 2.20. The van der Waals surface area contributed by atoms with Gasteiger partial charge in [-0.25, -0.2) is 0 Å². The van der Waals surface area contributed by atoms with Crippen LogP contribution < -0.4 is 0 Å². The number of esters is 2. The molecule has 0 rings (SSSR count). The fourth-order valence-corrected chi connectivity index (χ4v) is 1.80. The number of hydrogen-bond acceptors (Lipinski definition) is 4. The van der Waals surface area contributed by atoms with E-state index in [1.807, 2.05) is 6.92 Å². The summed E-state index contributed by atoms with van der Waals surface area (Å²) in [7, 11) is 1.30. The van der Waals surface area contributed by atoms with Gasteiger partial charge in [-0.3, -0.25) is 9.59 Å². The van der Waals surface area contributed by atoms with E-state index in [2.05, 4.69) is 20.7 Å². The lowest BCUT2D eigenvalue weighted by molar-refractivity contribution is -0.154. The van der Waals surface area contributed by atoms with Crippen molar-refractivity contribution in [1.29, 1.82) is 0 Å². The minimum Gasteiger partial charge on any atom is -0.469 e. The standard InChI is InChI=1S/C10H17BrO4/c1-5-7(9(12)14-4)8(11)10(13)15-6(2)3/h6-8H,5H2,1-4H3/t7-,8+/m0/s1. The lowest BCUT2D eigenvalue weighted by atomic mass is 10.0. The van der Waals surface area contributed by atoms with Gasteiger partial charge in [-0.05, 0) is 20.3 Å². The summed E-state index contributed by atoms with van der Waals surface area (Å²) in [5.41, 5.74) is 0. The van der Waals surface area contributed by atoms with Crippen LogP contribution in [0.3, 0.4) is 0 Å². The second-order valence-corrected chi connectivity index (χ2v) is 4.41. The van der Waals surface area contributed by atoms with E-state index in [4.69, 9.17) is 4.74 Å². The van der Waals surface area contributed by atoms with E-state index in [0.717, 1.165) is 0 Å². The Balaban J connectivity index is 4.44. The summed E-state index contributed by atoms with van der Waals surface area (Å²) in [5, 5.41) is 0. The summed E-state index contributed by atoms with van der Waals surface area (Å²) in [5.74, 6) is -1.33. The van der Waals surface area contributed by atoms with Gasteiger partial charge in [-0.2, -0.15) is 0 Å². The van der Waals surface area contributed by atoms with Gasteiger partial charge in [0.1, 0.15) is 4.83 Å². The monoisotopic (exact) mass is 280 g/mol. The molecule has 5 heteroatoms. The van der Waals surface area contributed by atoms with Gasteiger partial charge < -0.3 is 9.47 Å². The van der Waals surface area contributed by atoms with Crippen molar-refractivity contribution in [3.63, 3.8) is 0 Å². The van der Waals surface area contributed by atoms with Crippen molar-refractivity contribution in [2.45, 2.75) is 38.1 Å². The van der Waals surface area contributed by atoms with Gasteiger partial charge in [0, 0.05) is 0 Å². The van der Waals surface area contributed by atoms with Crippen LogP contribution >= 0.6 is 15.9 Å². The van der Waals surface area contributed by atoms with Crippen molar-refractivity contribution in [3.8, 4) is 0 Å². The van der Waals surface area contributed by atoms with Crippen LogP contribution in [-0.4, -0.2) is 30.0 Å². The number of methoxy groups -OCH3 is 1. The molecular weight excluding hydrogens is 264 g/mol. The average Bonchev–Trinajstić information content (AvgIpc) is 2.17. The molecule has 2 atom stereocenters. The molecule has 15 heavy (non-hydrogen) atoms. The Morgan fingerprint density at radius 1 is 1.27 bits per heavy atom. The van der Waals surface area contributed by atoms with Crippen molar-refractivity contribution in [2.24, 2.45) is 5.92 Å². The van der Waals surface area contributed by atoms with E-state index in [-0.39, 0.29) is 6.10 Å². The van der Waals surface area contributed by atoms with Crippen molar-refractivity contribution in [2.75, 3.05) is 7.11 Å². The van der Waals surface area contributed by atoms with Crippen LogP contribution in [0, 0.1) is 5.92 Å². The average molecular weight is 281 g/mol. The molecule has 0 aliphatic rings. The second kappa shape index (κ2) is 6.82. The molecule has 0 aliphatic carbocycles. The predicted octanol–water partition coefficient (Wildman–Crippen LogP) is 1.90. The van der Waals surface area contributed by atoms with Crippen molar-refractivity contribution in [3.05, 3.63) is 0 Å². The van der Waals surface area contributed by atoms with Crippen LogP contribution in [0.15, 0.2) is 0 Å². The molecule has 0 N–H and O–H groups in total. The zero-order chi connectivity index (χ0) is 12.0. The smallest absolute Gasteiger partial charge is 0.320 e. The van der Waals surface area contributed by atoms with E-state index in [1.54, 1.807) is 13.8 Å². The maximum Gasteiger partial charge on any atom is 0.320 e. The highest BCUT2D eigenvalue weighted by Gasteiger charge is 2.32. The number of carbonyl (C=O) groups excluding carboxylic acids is 2. The van der Waals surface area contributed by atoms with Crippen LogP contribution in [0.4, 0.5) is 0 Å². The molecule has 0 amide bonds. The summed E-state index contributed by atoms with van der Waals surface area (Å²) >= 11 is 3.16. The van der Waals surface area contributed by atoms with Gasteiger partial charge >= 0.3 is 11.9 Å². The third-order valence-electron chi connectivity index (χ3n) is 1.87. The quantitative estimate of drug-likeness (QED) is 0.570. The van der Waals surface area contributed by atoms with Crippen molar-refractivity contribution >= 4 is 27.9 Å². The predicted molar refractivity (Wildman–Crippen MR) is 59.7 cm³/mol. The topological polar surface area (TPSA) is 52.6 Å². The summed E-state index contributed by atoms with van der Waals surface area (Å²) in [4.78, 5) is 22.2. The zero-order valence-electron chi connectivity index (χ0n) is 9.45. The van der Waals surface area contributed by atoms with Gasteiger partial charge in [0.15, 0.2) is 0 Å². The Labute approximate surface area is 98.4 Å². The molecule has 0 unspecified atom stereocenters. The first-order valence-electron chi connectivity index (χ1n) is 4.86. The fraction of sp³-hybridized carbons (Fsp3) is 0.800. The Morgan fingerprint density at radius 2 is 1.80 bits per heavy atom. The summed E-state index contributed by atoms with van der Waals surface area (Å²) in [6, 6.07) is 0. The molecule has 0 radical (unpaired) electrons. The van der Waals surface area contributed by atoms with Crippen LogP contribution in [0.25, 0.3) is 0 Å². The Hall–Kier alpha value is -0.580. The highest BCUT2D eigenvalue weighted by atomic mass is 79.9. The minimum absolute atomic E-state index is 0.187. The molecule has 0 saturated carbocycles. The Bertz CT molecular complexity index is 227. The lowest BCUT2D eigenvalue weighted by Gasteiger charge is -2.18. The molecule has 4 nitrogen and oxygen atoms in total. The van der Waals surface area contributed by atoms with Gasteiger partial charge in [-0.1, -0.05) is 22.9 Å². The first-order chi connectivity index (χ1) is 6.93. The molecular formula is C10H17BrO4. The molecule has 0 heterocycles. The summed E-state index contributed by atoms with van der Waals surface area (Å²) < 4.78 is 9.60. The number of hydrogen-bond donors (Lipinski definition) is 0. The normalized spacial score (nSPS) is 14.5. The van der Waals surface area contributed by atoms with Crippen molar-refractivity contribution in [1.82, 2.24) is 0 Å². The third kappa shape index (κ3) is 4.64. The summed E-state index contributed by atoms with van der Waals surface area (Å²) in [6.07, 6.45) is 0.336. The van der Waals surface area contributed by atoms with Gasteiger partial charge in [-0.15, -0.1) is 0 Å². The van der Waals surface area contributed by atoms with Crippen LogP contribution in [0.1, 0.15) is 27.2 Å². The van der Waals surface area contributed by atoms with Gasteiger partial charge in [0.2, 0.25) is 0 Å². The van der Waals surface area contributed by atoms with E-state index in [9.17, 15) is 9.59 Å². The van der Waals surface area contributed by atoms with Crippen LogP contribution in [-0.2, 0) is 19.1 Å². The van der Waals surface area contributed by atoms with E-state index in [1.165, 1.54) is 7.11 Å². The fourth-order valence-electron chi connectivity index (χ4n) is 1.11. The summed E-state index contributed by atoms with van der Waals surface area (Å²) in [6.45, 7) is 5.34. The molecule has 0 fully saturated rings. The van der Waals surface area contributed by atoms with E-state index in [0.29, 0.717) is 6.42 Å². The molecule has 0 spiro atoms. The number of rotatable bonds is 5. The maximum atomic E-state index is 11.5. The first-order valence-corrected chi connectivity index (χ1v) is 5.78. The molecule has 88 valence electrons. The molecule has 0 aromatic heterocycles. The number of ether oxygens (including phenoxy) is 2. The largest absolute Gasteiger partial charge is 0.469 e. The first kappa shape index (κ1) is 14.4. The van der Waals surface area contributed by atoms with Crippen molar-refractivity contribution < 1.29 is 19.1 Å². The van der Waals surface area contributed by atoms with E-state index < -0.39 is 22.7 Å². The Kier molecular flexibility index (Phi) is 6.56. The molecule has 0 aliphatic heterocycles. The van der Waals surface area contributed by atoms with Crippen LogP contribution in [0.2, 0.25) is 0 Å². The number of alkyl halides is 1. The zero-order valence-corrected chi connectivity index (χ0v) is 11.0. The molecule has 0 saturated heterocycles. The lowest BCUT2D eigenvalue weighted by Crippen LogP contribution is -2.33. The van der Waals surface area contributed by atoms with Crippen LogP contribution in [0.5, 0.6) is 0 Å². The number of halogens is 1. The maximum absolute atomic E-state index is 11.5. The minimum atomic E-state index is -0.641. The molecule has 0 bridgehead atoms. The van der Waals surface area contributed by atoms with E-state index >= 15 is 0 Å². The molecule has 0 aromatic carbocycles. The Morgan fingerprint density at radius 3 is 2.13 bits per heavy atom.